The Kier molecular flexibility index (Phi) is 3.20. The molecule has 2 aromatic rings. The Labute approximate surface area is 108 Å². The van der Waals surface area contributed by atoms with Crippen LogP contribution in [0.5, 0.6) is 5.75 Å². The van der Waals surface area contributed by atoms with Crippen LogP contribution in [0.15, 0.2) is 36.4 Å². The van der Waals surface area contributed by atoms with Crippen molar-refractivity contribution in [2.75, 3.05) is 20.2 Å². The molecule has 94 valence electrons. The van der Waals surface area contributed by atoms with E-state index in [1.165, 1.54) is 29.3 Å². The molecule has 1 unspecified atom stereocenters. The molecule has 0 radical (unpaired) electrons. The molecule has 1 heterocycles. The SMILES string of the molecule is COc1ccc(CC2CCNC2)c2ccccc12. The Morgan fingerprint density at radius 1 is 1.17 bits per heavy atom. The summed E-state index contributed by atoms with van der Waals surface area (Å²) in [4.78, 5) is 0. The molecule has 0 bridgehead atoms. The molecule has 1 aliphatic heterocycles. The van der Waals surface area contributed by atoms with E-state index < -0.39 is 0 Å². The van der Waals surface area contributed by atoms with E-state index in [1.807, 2.05) is 0 Å². The predicted molar refractivity (Wildman–Crippen MR) is 75.2 cm³/mol. The van der Waals surface area contributed by atoms with Gasteiger partial charge in [-0.1, -0.05) is 30.3 Å². The molecule has 18 heavy (non-hydrogen) atoms. The van der Waals surface area contributed by atoms with E-state index >= 15 is 0 Å². The van der Waals surface area contributed by atoms with Crippen molar-refractivity contribution < 1.29 is 4.74 Å². The second-order valence-electron chi connectivity index (χ2n) is 5.04. The van der Waals surface area contributed by atoms with Crippen molar-refractivity contribution in [1.29, 1.82) is 0 Å². The van der Waals surface area contributed by atoms with Crippen LogP contribution in [-0.2, 0) is 6.42 Å². The van der Waals surface area contributed by atoms with E-state index in [0.29, 0.717) is 0 Å². The van der Waals surface area contributed by atoms with Crippen molar-refractivity contribution in [2.24, 2.45) is 5.92 Å². The van der Waals surface area contributed by atoms with Crippen molar-refractivity contribution in [3.8, 4) is 5.75 Å². The number of methoxy groups -OCH3 is 1. The summed E-state index contributed by atoms with van der Waals surface area (Å²) in [5.41, 5.74) is 1.44. The normalized spacial score (nSPS) is 19.3. The van der Waals surface area contributed by atoms with Crippen molar-refractivity contribution in [2.45, 2.75) is 12.8 Å². The molecule has 3 rings (SSSR count). The predicted octanol–water partition coefficient (Wildman–Crippen LogP) is 3.00. The summed E-state index contributed by atoms with van der Waals surface area (Å²) in [5.74, 6) is 1.75. The topological polar surface area (TPSA) is 21.3 Å². The standard InChI is InChI=1S/C16H19NO/c1-18-16-7-6-13(10-12-8-9-17-11-12)14-4-2-3-5-15(14)16/h2-7,12,17H,8-11H2,1H3. The quantitative estimate of drug-likeness (QED) is 0.892. The van der Waals surface area contributed by atoms with E-state index in [-0.39, 0.29) is 0 Å². The molecule has 2 nitrogen and oxygen atoms in total. The van der Waals surface area contributed by atoms with Gasteiger partial charge in [0.2, 0.25) is 0 Å². The number of rotatable bonds is 3. The summed E-state index contributed by atoms with van der Waals surface area (Å²) in [6, 6.07) is 12.9. The van der Waals surface area contributed by atoms with Gasteiger partial charge in [0.1, 0.15) is 5.75 Å². The lowest BCUT2D eigenvalue weighted by Gasteiger charge is -2.13. The minimum Gasteiger partial charge on any atom is -0.496 e. The summed E-state index contributed by atoms with van der Waals surface area (Å²) in [6.45, 7) is 2.32. The molecule has 0 aromatic heterocycles. The highest BCUT2D eigenvalue weighted by molar-refractivity contribution is 5.91. The van der Waals surface area contributed by atoms with Gasteiger partial charge in [-0.25, -0.2) is 0 Å². The van der Waals surface area contributed by atoms with E-state index in [4.69, 9.17) is 4.74 Å². The lowest BCUT2D eigenvalue weighted by molar-refractivity contribution is 0.419. The first kappa shape index (κ1) is 11.5. The Morgan fingerprint density at radius 2 is 2.00 bits per heavy atom. The average molecular weight is 241 g/mol. The molecular weight excluding hydrogens is 222 g/mol. The number of benzene rings is 2. The van der Waals surface area contributed by atoms with Gasteiger partial charge >= 0.3 is 0 Å². The minimum atomic E-state index is 0.779. The molecule has 2 aromatic carbocycles. The second-order valence-corrected chi connectivity index (χ2v) is 5.04. The molecule has 0 saturated carbocycles. The van der Waals surface area contributed by atoms with Crippen LogP contribution in [0.4, 0.5) is 0 Å². The highest BCUT2D eigenvalue weighted by Gasteiger charge is 2.16. The molecule has 0 spiro atoms. The Hall–Kier alpha value is -1.54. The van der Waals surface area contributed by atoms with Gasteiger partial charge in [-0.2, -0.15) is 0 Å². The van der Waals surface area contributed by atoms with Crippen LogP contribution in [0.2, 0.25) is 0 Å². The highest BCUT2D eigenvalue weighted by Crippen LogP contribution is 2.30. The maximum absolute atomic E-state index is 5.44. The highest BCUT2D eigenvalue weighted by atomic mass is 16.5. The van der Waals surface area contributed by atoms with Gasteiger partial charge in [0, 0.05) is 5.39 Å². The van der Waals surface area contributed by atoms with E-state index in [9.17, 15) is 0 Å². The third-order valence-electron chi connectivity index (χ3n) is 3.87. The number of hydrogen-bond acceptors (Lipinski definition) is 2. The van der Waals surface area contributed by atoms with Gasteiger partial charge in [-0.3, -0.25) is 0 Å². The third kappa shape index (κ3) is 2.08. The zero-order valence-electron chi connectivity index (χ0n) is 10.8. The summed E-state index contributed by atoms with van der Waals surface area (Å²) >= 11 is 0. The lowest BCUT2D eigenvalue weighted by Crippen LogP contribution is -2.10. The van der Waals surface area contributed by atoms with Crippen LogP contribution < -0.4 is 10.1 Å². The largest absolute Gasteiger partial charge is 0.496 e. The fourth-order valence-electron chi connectivity index (χ4n) is 2.89. The Morgan fingerprint density at radius 3 is 2.72 bits per heavy atom. The van der Waals surface area contributed by atoms with Crippen LogP contribution in [0.1, 0.15) is 12.0 Å². The van der Waals surface area contributed by atoms with Crippen molar-refractivity contribution in [1.82, 2.24) is 5.32 Å². The first-order chi connectivity index (χ1) is 8.88. The van der Waals surface area contributed by atoms with Gasteiger partial charge < -0.3 is 10.1 Å². The zero-order chi connectivity index (χ0) is 12.4. The molecule has 1 atom stereocenters. The van der Waals surface area contributed by atoms with Crippen LogP contribution in [0.3, 0.4) is 0 Å². The smallest absolute Gasteiger partial charge is 0.126 e. The molecule has 2 heteroatoms. The van der Waals surface area contributed by atoms with Crippen LogP contribution in [-0.4, -0.2) is 20.2 Å². The van der Waals surface area contributed by atoms with Crippen LogP contribution in [0, 0.1) is 5.92 Å². The summed E-state index contributed by atoms with van der Waals surface area (Å²) < 4.78 is 5.44. The maximum Gasteiger partial charge on any atom is 0.126 e. The van der Waals surface area contributed by atoms with Crippen molar-refractivity contribution in [3.05, 3.63) is 42.0 Å². The first-order valence-electron chi connectivity index (χ1n) is 6.64. The van der Waals surface area contributed by atoms with Crippen LogP contribution >= 0.6 is 0 Å². The first-order valence-corrected chi connectivity index (χ1v) is 6.64. The van der Waals surface area contributed by atoms with Gasteiger partial charge in [0.15, 0.2) is 0 Å². The Bertz CT molecular complexity index is 544. The monoisotopic (exact) mass is 241 g/mol. The molecule has 0 aliphatic carbocycles. The third-order valence-corrected chi connectivity index (χ3v) is 3.87. The minimum absolute atomic E-state index is 0.779. The van der Waals surface area contributed by atoms with E-state index in [2.05, 4.69) is 41.7 Å². The fourth-order valence-corrected chi connectivity index (χ4v) is 2.89. The second kappa shape index (κ2) is 4.99. The van der Waals surface area contributed by atoms with E-state index in [1.54, 1.807) is 7.11 Å². The number of nitrogens with one attached hydrogen (secondary N) is 1. The number of ether oxygens (including phenoxy) is 1. The fraction of sp³-hybridized carbons (Fsp3) is 0.375. The number of fused-ring (bicyclic) bond motifs is 1. The maximum atomic E-state index is 5.44. The lowest BCUT2D eigenvalue weighted by atomic mass is 9.94. The molecule has 1 fully saturated rings. The number of hydrogen-bond donors (Lipinski definition) is 1. The van der Waals surface area contributed by atoms with Crippen molar-refractivity contribution in [3.63, 3.8) is 0 Å². The summed E-state index contributed by atoms with van der Waals surface area (Å²) in [5, 5.41) is 6.00. The van der Waals surface area contributed by atoms with Crippen molar-refractivity contribution >= 4 is 10.8 Å². The van der Waals surface area contributed by atoms with E-state index in [0.717, 1.165) is 24.6 Å². The molecular formula is C16H19NO. The van der Waals surface area contributed by atoms with Gasteiger partial charge in [-0.05, 0) is 48.9 Å². The summed E-state index contributed by atoms with van der Waals surface area (Å²) in [6.07, 6.45) is 2.46. The molecule has 1 saturated heterocycles. The Balaban J connectivity index is 2.01. The average Bonchev–Trinajstić information content (AvgIpc) is 2.92. The molecule has 1 N–H and O–H groups in total. The van der Waals surface area contributed by atoms with Gasteiger partial charge in [-0.15, -0.1) is 0 Å². The molecule has 1 aliphatic rings. The van der Waals surface area contributed by atoms with Gasteiger partial charge in [0.25, 0.3) is 0 Å². The van der Waals surface area contributed by atoms with Crippen LogP contribution in [0.25, 0.3) is 10.8 Å². The van der Waals surface area contributed by atoms with Gasteiger partial charge in [0.05, 0.1) is 7.11 Å². The molecule has 0 amide bonds. The summed E-state index contributed by atoms with van der Waals surface area (Å²) in [7, 11) is 1.74. The zero-order valence-corrected chi connectivity index (χ0v) is 10.8.